The maximum Gasteiger partial charge on any atom is 0.319 e. The molecule has 0 radical (unpaired) electrons. The van der Waals surface area contributed by atoms with Gasteiger partial charge in [-0.25, -0.2) is 14.5 Å². The number of nitrogens with zero attached hydrogens (tertiary/aromatic N) is 5. The molecule has 8 heteroatoms. The van der Waals surface area contributed by atoms with E-state index >= 15 is 0 Å². The van der Waals surface area contributed by atoms with Crippen LogP contribution in [0.15, 0.2) is 30.7 Å². The third-order valence-electron chi connectivity index (χ3n) is 4.45. The Morgan fingerprint density at radius 2 is 2.24 bits per heavy atom. The number of benzene rings is 1. The van der Waals surface area contributed by atoms with Crippen molar-refractivity contribution in [2.45, 2.75) is 45.3 Å². The maximum atomic E-state index is 12.3. The Balaban J connectivity index is 1.41. The van der Waals surface area contributed by atoms with E-state index in [4.69, 9.17) is 0 Å². The minimum absolute atomic E-state index is 0.0571. The number of urea groups is 1. The molecule has 0 saturated heterocycles. The average Bonchev–Trinajstić information content (AvgIpc) is 3.20. The second-order valence-corrected chi connectivity index (χ2v) is 6.67. The first kappa shape index (κ1) is 15.6. The van der Waals surface area contributed by atoms with Crippen molar-refractivity contribution in [3.63, 3.8) is 0 Å². The molecule has 130 valence electrons. The average molecular weight is 339 g/mol. The number of hydrogen-bond acceptors (Lipinski definition) is 4. The Labute approximate surface area is 145 Å². The summed E-state index contributed by atoms with van der Waals surface area (Å²) in [7, 11) is 0. The van der Waals surface area contributed by atoms with Crippen LogP contribution in [0.25, 0.3) is 10.9 Å². The molecule has 25 heavy (non-hydrogen) atoms. The van der Waals surface area contributed by atoms with E-state index in [2.05, 4.69) is 39.7 Å². The summed E-state index contributed by atoms with van der Waals surface area (Å²) in [6, 6.07) is 5.89. The van der Waals surface area contributed by atoms with Crippen LogP contribution in [0, 0.1) is 0 Å². The summed E-state index contributed by atoms with van der Waals surface area (Å²) < 4.78 is 3.77. The minimum Gasteiger partial charge on any atom is -0.333 e. The highest BCUT2D eigenvalue weighted by Gasteiger charge is 2.21. The minimum atomic E-state index is -0.204. The largest absolute Gasteiger partial charge is 0.333 e. The summed E-state index contributed by atoms with van der Waals surface area (Å²) in [5.41, 5.74) is 1.68. The van der Waals surface area contributed by atoms with Crippen molar-refractivity contribution in [1.29, 1.82) is 0 Å². The van der Waals surface area contributed by atoms with Crippen LogP contribution in [0.5, 0.6) is 0 Å². The number of anilines is 1. The number of aryl methyl sites for hydroxylation is 1. The molecule has 1 aromatic carbocycles. The Bertz CT molecular complexity index is 911. The Morgan fingerprint density at radius 3 is 3.08 bits per heavy atom. The molecule has 1 unspecified atom stereocenters. The summed E-state index contributed by atoms with van der Waals surface area (Å²) >= 11 is 0. The van der Waals surface area contributed by atoms with Crippen molar-refractivity contribution >= 4 is 22.6 Å². The first-order valence-electron chi connectivity index (χ1n) is 8.51. The summed E-state index contributed by atoms with van der Waals surface area (Å²) in [6.07, 6.45) is 5.25. The molecule has 2 N–H and O–H groups in total. The molecule has 1 atom stereocenters. The zero-order valence-electron chi connectivity index (χ0n) is 14.3. The molecule has 0 bridgehead atoms. The fourth-order valence-corrected chi connectivity index (χ4v) is 3.10. The number of hydrogen-bond donors (Lipinski definition) is 2. The second kappa shape index (κ2) is 6.19. The lowest BCUT2D eigenvalue weighted by Gasteiger charge is -2.23. The summed E-state index contributed by atoms with van der Waals surface area (Å²) in [5, 5.41) is 15.6. The van der Waals surface area contributed by atoms with E-state index in [9.17, 15) is 4.79 Å². The first-order chi connectivity index (χ1) is 12.1. The lowest BCUT2D eigenvalue weighted by molar-refractivity contribution is 0.243. The molecule has 8 nitrogen and oxygen atoms in total. The number of carbonyl (C=O) groups is 1. The van der Waals surface area contributed by atoms with Gasteiger partial charge in [0.1, 0.15) is 12.2 Å². The van der Waals surface area contributed by atoms with Crippen molar-refractivity contribution in [3.05, 3.63) is 36.5 Å². The van der Waals surface area contributed by atoms with Gasteiger partial charge in [0.25, 0.3) is 0 Å². The standard InChI is InChI=1S/C17H21N7O/c1-11(2)23-8-12-7-13(3-5-15(12)22-23)20-17(25)21-14-4-6-16-18-10-19-24(16)9-14/h3,5,7-8,10-11,14H,4,6,9H2,1-2H3,(H2,20,21,25). The van der Waals surface area contributed by atoms with Gasteiger partial charge in [0.15, 0.2) is 0 Å². The van der Waals surface area contributed by atoms with Gasteiger partial charge in [-0.15, -0.1) is 0 Å². The predicted molar refractivity (Wildman–Crippen MR) is 94.4 cm³/mol. The summed E-state index contributed by atoms with van der Waals surface area (Å²) in [4.78, 5) is 16.5. The number of aromatic nitrogens is 5. The number of amides is 2. The first-order valence-corrected chi connectivity index (χ1v) is 8.51. The van der Waals surface area contributed by atoms with Crippen LogP contribution in [-0.2, 0) is 13.0 Å². The third-order valence-corrected chi connectivity index (χ3v) is 4.45. The van der Waals surface area contributed by atoms with Crippen LogP contribution >= 0.6 is 0 Å². The molecule has 4 rings (SSSR count). The Hall–Kier alpha value is -2.90. The van der Waals surface area contributed by atoms with Gasteiger partial charge < -0.3 is 10.6 Å². The van der Waals surface area contributed by atoms with Gasteiger partial charge in [0, 0.05) is 29.7 Å². The van der Waals surface area contributed by atoms with Crippen LogP contribution in [0.4, 0.5) is 10.5 Å². The van der Waals surface area contributed by atoms with E-state index in [0.29, 0.717) is 12.6 Å². The molecule has 0 saturated carbocycles. The van der Waals surface area contributed by atoms with Gasteiger partial charge in [-0.05, 0) is 38.5 Å². The molecule has 0 spiro atoms. The van der Waals surface area contributed by atoms with Gasteiger partial charge in [-0.1, -0.05) is 0 Å². The van der Waals surface area contributed by atoms with E-state index < -0.39 is 0 Å². The van der Waals surface area contributed by atoms with Crippen LogP contribution in [0.3, 0.4) is 0 Å². The maximum absolute atomic E-state index is 12.3. The molecule has 1 aliphatic heterocycles. The van der Waals surface area contributed by atoms with E-state index in [-0.39, 0.29) is 12.1 Å². The molecule has 2 amide bonds. The van der Waals surface area contributed by atoms with Crippen LogP contribution in [-0.4, -0.2) is 36.6 Å². The highest BCUT2D eigenvalue weighted by molar-refractivity contribution is 5.92. The molecule has 3 aromatic rings. The summed E-state index contributed by atoms with van der Waals surface area (Å²) in [5.74, 6) is 0.978. The highest BCUT2D eigenvalue weighted by atomic mass is 16.2. The highest BCUT2D eigenvalue weighted by Crippen LogP contribution is 2.20. The summed E-state index contributed by atoms with van der Waals surface area (Å²) in [6.45, 7) is 4.83. The van der Waals surface area contributed by atoms with Gasteiger partial charge in [0.2, 0.25) is 0 Å². The zero-order valence-corrected chi connectivity index (χ0v) is 14.3. The van der Waals surface area contributed by atoms with E-state index in [1.54, 1.807) is 6.33 Å². The van der Waals surface area contributed by atoms with Crippen LogP contribution < -0.4 is 10.6 Å². The van der Waals surface area contributed by atoms with Gasteiger partial charge >= 0.3 is 6.03 Å². The topological polar surface area (TPSA) is 89.7 Å². The van der Waals surface area contributed by atoms with Crippen molar-refractivity contribution in [2.75, 3.05) is 5.32 Å². The number of fused-ring (bicyclic) bond motifs is 2. The predicted octanol–water partition coefficient (Wildman–Crippen LogP) is 2.35. The molecule has 2 aromatic heterocycles. The van der Waals surface area contributed by atoms with Crippen molar-refractivity contribution in [2.24, 2.45) is 0 Å². The molecule has 3 heterocycles. The fraction of sp³-hybridized carbons (Fsp3) is 0.412. The third kappa shape index (κ3) is 3.19. The lowest BCUT2D eigenvalue weighted by atomic mass is 10.1. The van der Waals surface area contributed by atoms with E-state index in [1.807, 2.05) is 33.8 Å². The SMILES string of the molecule is CC(C)n1cc2cc(NC(=O)NC3CCc4ncnn4C3)ccc2n1. The normalized spacial score (nSPS) is 16.8. The van der Waals surface area contributed by atoms with E-state index in [0.717, 1.165) is 35.3 Å². The van der Waals surface area contributed by atoms with Crippen LogP contribution in [0.1, 0.15) is 32.1 Å². The number of nitrogens with one attached hydrogen (secondary N) is 2. The quantitative estimate of drug-likeness (QED) is 0.766. The molecular formula is C17H21N7O. The number of rotatable bonds is 3. The Morgan fingerprint density at radius 1 is 1.36 bits per heavy atom. The van der Waals surface area contributed by atoms with Crippen molar-refractivity contribution in [3.8, 4) is 0 Å². The van der Waals surface area contributed by atoms with Crippen LogP contribution in [0.2, 0.25) is 0 Å². The fourth-order valence-electron chi connectivity index (χ4n) is 3.10. The lowest BCUT2D eigenvalue weighted by Crippen LogP contribution is -2.43. The molecule has 0 fully saturated rings. The Kier molecular flexibility index (Phi) is 3.87. The van der Waals surface area contributed by atoms with Crippen molar-refractivity contribution < 1.29 is 4.79 Å². The van der Waals surface area contributed by atoms with Crippen molar-refractivity contribution in [1.82, 2.24) is 29.9 Å². The van der Waals surface area contributed by atoms with E-state index in [1.165, 1.54) is 0 Å². The second-order valence-electron chi connectivity index (χ2n) is 6.67. The molecule has 1 aliphatic rings. The monoisotopic (exact) mass is 339 g/mol. The zero-order chi connectivity index (χ0) is 17.4. The molecule has 0 aliphatic carbocycles. The van der Waals surface area contributed by atoms with Gasteiger partial charge in [-0.2, -0.15) is 10.2 Å². The van der Waals surface area contributed by atoms with Gasteiger partial charge in [0.05, 0.1) is 18.1 Å². The van der Waals surface area contributed by atoms with Gasteiger partial charge in [-0.3, -0.25) is 4.68 Å². The smallest absolute Gasteiger partial charge is 0.319 e. The number of carbonyl (C=O) groups excluding carboxylic acids is 1. The molecular weight excluding hydrogens is 318 g/mol.